The minimum Gasteiger partial charge on any atom is -0.493 e. The molecule has 0 aromatic heterocycles. The molecule has 0 aliphatic rings. The van der Waals surface area contributed by atoms with E-state index in [1.54, 1.807) is 33.4 Å². The molecule has 2 aromatic carbocycles. The van der Waals surface area contributed by atoms with Crippen LogP contribution in [0.15, 0.2) is 41.4 Å². The summed E-state index contributed by atoms with van der Waals surface area (Å²) in [6.07, 6.45) is 1.37. The van der Waals surface area contributed by atoms with Gasteiger partial charge in [0.2, 0.25) is 0 Å². The molecule has 178 valence electrons. The second-order valence-corrected chi connectivity index (χ2v) is 6.48. The molecule has 0 aliphatic carbocycles. The van der Waals surface area contributed by atoms with Gasteiger partial charge in [-0.25, -0.2) is 0 Å². The van der Waals surface area contributed by atoms with E-state index in [9.17, 15) is 8.78 Å². The van der Waals surface area contributed by atoms with E-state index in [2.05, 4.69) is 20.4 Å². The Bertz CT molecular complexity index is 869. The molecule has 0 amide bonds. The highest BCUT2D eigenvalue weighted by Crippen LogP contribution is 2.29. The number of alkyl halides is 2. The number of benzene rings is 2. The molecule has 0 aliphatic heterocycles. The first-order valence-electron chi connectivity index (χ1n) is 9.77. The summed E-state index contributed by atoms with van der Waals surface area (Å²) in [5.41, 5.74) is 1.94. The number of aliphatic imine (C=N–C) groups is 1. The van der Waals surface area contributed by atoms with E-state index in [1.807, 2.05) is 24.3 Å². The molecule has 0 radical (unpaired) electrons. The van der Waals surface area contributed by atoms with Crippen molar-refractivity contribution in [1.82, 2.24) is 10.6 Å². The highest BCUT2D eigenvalue weighted by Gasteiger charge is 2.11. The lowest BCUT2D eigenvalue weighted by Crippen LogP contribution is -2.39. The average Bonchev–Trinajstić information content (AvgIpc) is 2.77. The Balaban J connectivity index is 0.00000512. The van der Waals surface area contributed by atoms with Gasteiger partial charge in [0.1, 0.15) is 0 Å². The van der Waals surface area contributed by atoms with Crippen molar-refractivity contribution in [1.29, 1.82) is 0 Å². The maximum absolute atomic E-state index is 12.6. The number of hydrogen-bond acceptors (Lipinski definition) is 5. The van der Waals surface area contributed by atoms with E-state index in [-0.39, 0.29) is 35.5 Å². The van der Waals surface area contributed by atoms with Crippen LogP contribution < -0.4 is 29.6 Å². The van der Waals surface area contributed by atoms with Gasteiger partial charge in [-0.15, -0.1) is 24.0 Å². The summed E-state index contributed by atoms with van der Waals surface area (Å²) in [5, 5.41) is 6.46. The van der Waals surface area contributed by atoms with Crippen molar-refractivity contribution in [3.63, 3.8) is 0 Å². The van der Waals surface area contributed by atoms with Crippen LogP contribution in [-0.2, 0) is 12.8 Å². The third kappa shape index (κ3) is 8.56. The van der Waals surface area contributed by atoms with Gasteiger partial charge in [-0.2, -0.15) is 8.78 Å². The highest BCUT2D eigenvalue weighted by atomic mass is 127. The van der Waals surface area contributed by atoms with Gasteiger partial charge >= 0.3 is 6.61 Å². The first-order valence-corrected chi connectivity index (χ1v) is 9.77. The molecule has 0 unspecified atom stereocenters. The number of nitrogens with one attached hydrogen (secondary N) is 2. The molecule has 32 heavy (non-hydrogen) atoms. The van der Waals surface area contributed by atoms with Crippen LogP contribution in [0.1, 0.15) is 11.1 Å². The van der Waals surface area contributed by atoms with Crippen molar-refractivity contribution >= 4 is 29.9 Å². The number of hydrogen-bond donors (Lipinski definition) is 2. The van der Waals surface area contributed by atoms with E-state index in [0.717, 1.165) is 17.5 Å². The number of ether oxygens (including phenoxy) is 4. The highest BCUT2D eigenvalue weighted by molar-refractivity contribution is 14.0. The lowest BCUT2D eigenvalue weighted by atomic mass is 10.1. The minimum atomic E-state index is -2.91. The van der Waals surface area contributed by atoms with Gasteiger partial charge in [0.25, 0.3) is 0 Å². The van der Waals surface area contributed by atoms with Crippen molar-refractivity contribution in [2.75, 3.05) is 41.5 Å². The number of guanidine groups is 1. The fourth-order valence-corrected chi connectivity index (χ4v) is 2.97. The Kier molecular flexibility index (Phi) is 12.5. The predicted molar refractivity (Wildman–Crippen MR) is 131 cm³/mol. The third-order valence-corrected chi connectivity index (χ3v) is 4.53. The molecule has 0 saturated carbocycles. The second kappa shape index (κ2) is 14.5. The molecule has 7 nitrogen and oxygen atoms in total. The van der Waals surface area contributed by atoms with Gasteiger partial charge in [0, 0.05) is 20.1 Å². The quantitative estimate of drug-likeness (QED) is 0.245. The van der Waals surface area contributed by atoms with Gasteiger partial charge in [-0.05, 0) is 48.2 Å². The lowest BCUT2D eigenvalue weighted by molar-refractivity contribution is -0.0512. The summed E-state index contributed by atoms with van der Waals surface area (Å²) in [6, 6.07) is 10.8. The topological polar surface area (TPSA) is 73.3 Å². The van der Waals surface area contributed by atoms with Crippen LogP contribution >= 0.6 is 24.0 Å². The summed E-state index contributed by atoms with van der Waals surface area (Å²) in [5.74, 6) is 2.32. The van der Waals surface area contributed by atoms with Crippen LogP contribution in [0.4, 0.5) is 8.78 Å². The summed E-state index contributed by atoms with van der Waals surface area (Å²) in [4.78, 5) is 4.20. The van der Waals surface area contributed by atoms with Crippen LogP contribution in [0.5, 0.6) is 23.0 Å². The number of nitrogens with zero attached hydrogens (tertiary/aromatic N) is 1. The molecule has 0 atom stereocenters. The SMILES string of the molecule is CN=C(NCCc1ccc(OC)c(OC)c1)NCCc1ccc(OC)c(OC(F)F)c1.I. The van der Waals surface area contributed by atoms with E-state index in [1.165, 1.54) is 7.11 Å². The van der Waals surface area contributed by atoms with E-state index >= 15 is 0 Å². The Morgan fingerprint density at radius 3 is 1.72 bits per heavy atom. The smallest absolute Gasteiger partial charge is 0.387 e. The first-order chi connectivity index (χ1) is 15.0. The molecule has 0 fully saturated rings. The van der Waals surface area contributed by atoms with Crippen molar-refractivity contribution in [3.8, 4) is 23.0 Å². The Morgan fingerprint density at radius 2 is 1.28 bits per heavy atom. The number of methoxy groups -OCH3 is 3. The monoisotopic (exact) mass is 565 g/mol. The molecule has 2 rings (SSSR count). The molecule has 0 bridgehead atoms. The Labute approximate surface area is 204 Å². The molecule has 2 aromatic rings. The second-order valence-electron chi connectivity index (χ2n) is 6.48. The van der Waals surface area contributed by atoms with Gasteiger partial charge in [0.15, 0.2) is 29.0 Å². The lowest BCUT2D eigenvalue weighted by Gasteiger charge is -2.14. The van der Waals surface area contributed by atoms with Gasteiger partial charge < -0.3 is 29.6 Å². The first kappa shape index (κ1) is 27.5. The Hall–Kier alpha value is -2.50. The van der Waals surface area contributed by atoms with Crippen LogP contribution in [0.3, 0.4) is 0 Å². The van der Waals surface area contributed by atoms with Crippen molar-refractivity contribution in [3.05, 3.63) is 47.5 Å². The van der Waals surface area contributed by atoms with Crippen LogP contribution in [-0.4, -0.2) is 54.0 Å². The van der Waals surface area contributed by atoms with E-state index in [0.29, 0.717) is 37.0 Å². The fraction of sp³-hybridized carbons (Fsp3) is 0.409. The zero-order valence-corrected chi connectivity index (χ0v) is 20.9. The average molecular weight is 565 g/mol. The summed E-state index contributed by atoms with van der Waals surface area (Å²) >= 11 is 0. The van der Waals surface area contributed by atoms with Crippen molar-refractivity contribution < 1.29 is 27.7 Å². The van der Waals surface area contributed by atoms with E-state index < -0.39 is 6.61 Å². The van der Waals surface area contributed by atoms with Gasteiger partial charge in [-0.3, -0.25) is 4.99 Å². The van der Waals surface area contributed by atoms with E-state index in [4.69, 9.17) is 14.2 Å². The molecule has 10 heteroatoms. The maximum Gasteiger partial charge on any atom is 0.387 e. The van der Waals surface area contributed by atoms with Crippen LogP contribution in [0, 0.1) is 0 Å². The zero-order valence-electron chi connectivity index (χ0n) is 18.6. The summed E-state index contributed by atoms with van der Waals surface area (Å²) in [7, 11) is 6.31. The molecule has 0 spiro atoms. The predicted octanol–water partition coefficient (Wildman–Crippen LogP) is 3.88. The summed E-state index contributed by atoms with van der Waals surface area (Å²) < 4.78 is 45.3. The van der Waals surface area contributed by atoms with Crippen LogP contribution in [0.25, 0.3) is 0 Å². The maximum atomic E-state index is 12.6. The minimum absolute atomic E-state index is 0. The normalized spacial score (nSPS) is 10.9. The molecule has 0 saturated heterocycles. The molecular weight excluding hydrogens is 535 g/mol. The summed E-state index contributed by atoms with van der Waals surface area (Å²) in [6.45, 7) is -1.67. The standard InChI is InChI=1S/C22H29F2N3O4.HI/c1-25-22(26-11-9-15-5-7-17(28-2)19(13-15)30-4)27-12-10-16-6-8-18(29-3)20(14-16)31-21(23)24;/h5-8,13-14,21H,9-12H2,1-4H3,(H2,25,26,27);1H. The van der Waals surface area contributed by atoms with Crippen molar-refractivity contribution in [2.45, 2.75) is 19.5 Å². The van der Waals surface area contributed by atoms with Gasteiger partial charge in [-0.1, -0.05) is 12.1 Å². The molecule has 0 heterocycles. The van der Waals surface area contributed by atoms with Gasteiger partial charge in [0.05, 0.1) is 21.3 Å². The van der Waals surface area contributed by atoms with Crippen molar-refractivity contribution in [2.24, 2.45) is 4.99 Å². The largest absolute Gasteiger partial charge is 0.493 e. The fourth-order valence-electron chi connectivity index (χ4n) is 2.97. The zero-order chi connectivity index (χ0) is 22.6. The Morgan fingerprint density at radius 1 is 0.812 bits per heavy atom. The number of halogens is 3. The molecular formula is C22H30F2IN3O4. The third-order valence-electron chi connectivity index (χ3n) is 4.53. The number of rotatable bonds is 11. The van der Waals surface area contributed by atoms with Crippen LogP contribution in [0.2, 0.25) is 0 Å². The molecule has 2 N–H and O–H groups in total.